The standard InChI is InChI=1S/C24H26FN5O2S.C24H24FN5O2S.C19H18FN5S.2ClH/c2*1-14-13-30-20(26-14)6-5-18(28-30)16-11-17(25)21-19(12-16)33-22(27-21)15-7-9-29(10-8-15)23(31)32-24(2,3)4;1-11-10-25-17(22-11)3-2-15(24-25)13-8-14(20)18-16(9-13)26-19(23-18)12-4-6-21-7-5-12;;/h5-6,11-13,15H,7-10H2,1-4H3;5-7,11-13H,8-10H2,1-4H3;2-3,8-10,12,21H,4-7H2,1H3;2*1H. The third-order valence-electron chi connectivity index (χ3n) is 15.9. The molecule has 2 saturated heterocycles. The molecule has 12 aromatic rings. The van der Waals surface area contributed by atoms with Crippen LogP contribution in [0.2, 0.25) is 0 Å². The number of imidazole rings is 3. The third-order valence-corrected chi connectivity index (χ3v) is 19.3. The monoisotopic (exact) mass is 1370 g/mol. The molecule has 1 N–H and O–H groups in total. The first kappa shape index (κ1) is 67.2. The average molecular weight is 1370 g/mol. The summed E-state index contributed by atoms with van der Waals surface area (Å²) in [4.78, 5) is 55.0. The van der Waals surface area contributed by atoms with Crippen LogP contribution in [-0.2, 0) is 9.47 Å². The number of likely N-dealkylation sites (tertiary alicyclic amines) is 1. The third kappa shape index (κ3) is 14.8. The van der Waals surface area contributed by atoms with E-state index in [4.69, 9.17) is 9.47 Å². The van der Waals surface area contributed by atoms with Gasteiger partial charge in [-0.1, -0.05) is 6.08 Å². The van der Waals surface area contributed by atoms with Gasteiger partial charge in [0, 0.05) is 54.7 Å². The smallest absolute Gasteiger partial charge is 0.410 e. The molecule has 3 aromatic carbocycles. The van der Waals surface area contributed by atoms with Crippen molar-refractivity contribution in [2.75, 3.05) is 39.3 Å². The Hall–Kier alpha value is -8.20. The first-order valence-corrected chi connectivity index (χ1v) is 33.1. The lowest BCUT2D eigenvalue weighted by molar-refractivity contribution is 0.0203. The number of carbonyl (C=O) groups excluding carboxylic acids is 2. The molecule has 0 spiro atoms. The molecular formula is C67H70Cl2F3N15O4S3. The number of ether oxygens (including phenoxy) is 2. The lowest BCUT2D eigenvalue weighted by Gasteiger charge is -2.32. The Bertz CT molecular complexity index is 4840. The zero-order valence-corrected chi connectivity index (χ0v) is 57.3. The van der Waals surface area contributed by atoms with E-state index in [2.05, 4.69) is 50.5 Å². The Morgan fingerprint density at radius 1 is 0.511 bits per heavy atom. The number of thiazole rings is 3. The van der Waals surface area contributed by atoms with Gasteiger partial charge >= 0.3 is 12.2 Å². The van der Waals surface area contributed by atoms with Crippen LogP contribution in [0.15, 0.2) is 97.5 Å². The topological polar surface area (TPSA) is 200 Å². The highest BCUT2D eigenvalue weighted by atomic mass is 35.5. The van der Waals surface area contributed by atoms with Gasteiger partial charge in [-0.25, -0.2) is 66.2 Å². The molecule has 0 radical (unpaired) electrons. The number of piperidine rings is 2. The van der Waals surface area contributed by atoms with Gasteiger partial charge in [0.15, 0.2) is 34.4 Å². The maximum atomic E-state index is 15.0. The number of aromatic nitrogens is 12. The molecule has 0 atom stereocenters. The van der Waals surface area contributed by atoms with Crippen molar-refractivity contribution in [1.82, 2.24) is 73.9 Å². The molecule has 9 aromatic heterocycles. The molecule has 19 nitrogen and oxygen atoms in total. The summed E-state index contributed by atoms with van der Waals surface area (Å²) in [6.07, 6.45) is 11.3. The fourth-order valence-corrected chi connectivity index (χ4v) is 14.9. The zero-order valence-electron chi connectivity index (χ0n) is 53.2. The van der Waals surface area contributed by atoms with Crippen LogP contribution >= 0.6 is 58.8 Å². The molecular weight excluding hydrogens is 1300 g/mol. The van der Waals surface area contributed by atoms with Gasteiger partial charge in [0.05, 0.1) is 76.9 Å². The van der Waals surface area contributed by atoms with Gasteiger partial charge in [0.25, 0.3) is 0 Å². The summed E-state index contributed by atoms with van der Waals surface area (Å²) in [6, 6.07) is 21.6. The summed E-state index contributed by atoms with van der Waals surface area (Å²) in [5, 5.41) is 19.8. The van der Waals surface area contributed by atoms with Gasteiger partial charge in [0.2, 0.25) is 0 Å². The van der Waals surface area contributed by atoms with E-state index in [9.17, 15) is 22.8 Å². The van der Waals surface area contributed by atoms with Crippen LogP contribution in [0, 0.1) is 38.2 Å². The molecule has 27 heteroatoms. The lowest BCUT2D eigenvalue weighted by atomic mass is 9.98. The average Bonchev–Trinajstić information content (AvgIpc) is 1.63. The summed E-state index contributed by atoms with van der Waals surface area (Å²) < 4.78 is 63.2. The Morgan fingerprint density at radius 3 is 1.31 bits per heavy atom. The van der Waals surface area contributed by atoms with Gasteiger partial charge in [-0.05, 0) is 186 Å². The highest BCUT2D eigenvalue weighted by Crippen LogP contribution is 2.40. The molecule has 2 fully saturated rings. The van der Waals surface area contributed by atoms with E-state index in [0.29, 0.717) is 77.6 Å². The normalized spacial score (nSPS) is 15.0. The summed E-state index contributed by atoms with van der Waals surface area (Å²) in [5.41, 5.74) is 10.4. The first-order valence-electron chi connectivity index (χ1n) is 30.7. The number of hydrogen-bond acceptors (Lipinski definition) is 17. The number of benzene rings is 3. The quantitative estimate of drug-likeness (QED) is 0.165. The Kier molecular flexibility index (Phi) is 19.5. The largest absolute Gasteiger partial charge is 0.444 e. The molecule has 490 valence electrons. The predicted molar refractivity (Wildman–Crippen MR) is 368 cm³/mol. The number of amides is 2. The molecule has 3 aliphatic heterocycles. The van der Waals surface area contributed by atoms with E-state index in [-0.39, 0.29) is 60.4 Å². The van der Waals surface area contributed by atoms with Crippen molar-refractivity contribution in [3.05, 3.63) is 147 Å². The summed E-state index contributed by atoms with van der Waals surface area (Å²) in [7, 11) is 0. The SMILES string of the molecule is Cc1cn2nc(-c3cc(F)c4nc(C5=CCN(C(=O)OC(C)(C)C)CC5)sc4c3)ccc2n1.Cc1cn2nc(-c3cc(F)c4nc(C5CCN(C(=O)OC(C)(C)C)CC5)sc4c3)ccc2n1.Cc1cn2nc(-c3cc(F)c4nc(C5CCNCC5)sc4c3)ccc2n1.Cl.Cl. The van der Waals surface area contributed by atoms with Gasteiger partial charge < -0.3 is 24.6 Å². The number of nitrogens with zero attached hydrogens (tertiary/aromatic N) is 14. The zero-order chi connectivity index (χ0) is 64.3. The molecule has 94 heavy (non-hydrogen) atoms. The van der Waals surface area contributed by atoms with Crippen LogP contribution in [0.1, 0.15) is 118 Å². The Morgan fingerprint density at radius 2 is 0.904 bits per heavy atom. The maximum Gasteiger partial charge on any atom is 0.410 e. The fourth-order valence-electron chi connectivity index (χ4n) is 11.5. The van der Waals surface area contributed by atoms with Crippen LogP contribution in [-0.4, -0.2) is 131 Å². The number of hydrogen-bond donors (Lipinski definition) is 1. The van der Waals surface area contributed by atoms with E-state index in [1.807, 2.05) is 142 Å². The summed E-state index contributed by atoms with van der Waals surface area (Å²) in [6.45, 7) is 21.1. The second-order valence-electron chi connectivity index (χ2n) is 25.4. The second kappa shape index (κ2) is 27.3. The number of fused-ring (bicyclic) bond motifs is 6. The number of halogens is 5. The van der Waals surface area contributed by atoms with Crippen molar-refractivity contribution in [2.45, 2.75) is 117 Å². The van der Waals surface area contributed by atoms with E-state index in [1.165, 1.54) is 40.9 Å². The predicted octanol–water partition coefficient (Wildman–Crippen LogP) is 15.8. The fraction of sp³-hybridized carbons (Fsp3) is 0.358. The number of nitrogens with one attached hydrogen (secondary N) is 1. The molecule has 2 amide bonds. The van der Waals surface area contributed by atoms with Crippen molar-refractivity contribution in [1.29, 1.82) is 0 Å². The molecule has 0 bridgehead atoms. The van der Waals surface area contributed by atoms with Crippen molar-refractivity contribution < 1.29 is 32.2 Å². The van der Waals surface area contributed by atoms with Crippen molar-refractivity contribution in [2.24, 2.45) is 0 Å². The summed E-state index contributed by atoms with van der Waals surface area (Å²) >= 11 is 4.58. The van der Waals surface area contributed by atoms with Gasteiger partial charge in [-0.3, -0.25) is 0 Å². The minimum absolute atomic E-state index is 0. The maximum absolute atomic E-state index is 15.0. The van der Waals surface area contributed by atoms with E-state index in [0.717, 1.165) is 119 Å². The molecule has 0 aliphatic carbocycles. The van der Waals surface area contributed by atoms with Crippen molar-refractivity contribution in [3.63, 3.8) is 0 Å². The van der Waals surface area contributed by atoms with Gasteiger partial charge in [-0.15, -0.1) is 58.8 Å². The van der Waals surface area contributed by atoms with Crippen molar-refractivity contribution >= 4 is 124 Å². The van der Waals surface area contributed by atoms with Crippen LogP contribution in [0.25, 0.3) is 86.9 Å². The molecule has 3 aliphatic rings. The Labute approximate surface area is 564 Å². The highest BCUT2D eigenvalue weighted by Gasteiger charge is 2.31. The van der Waals surface area contributed by atoms with E-state index < -0.39 is 11.2 Å². The number of aryl methyl sites for hydroxylation is 3. The van der Waals surface area contributed by atoms with Gasteiger partial charge in [0.1, 0.15) is 32.8 Å². The van der Waals surface area contributed by atoms with Crippen LogP contribution in [0.3, 0.4) is 0 Å². The first-order chi connectivity index (χ1) is 44.0. The van der Waals surface area contributed by atoms with Crippen LogP contribution < -0.4 is 5.32 Å². The molecule has 0 unspecified atom stereocenters. The number of rotatable bonds is 6. The molecule has 12 heterocycles. The van der Waals surface area contributed by atoms with E-state index >= 15 is 0 Å². The minimum Gasteiger partial charge on any atom is -0.444 e. The minimum atomic E-state index is -0.528. The van der Waals surface area contributed by atoms with E-state index in [1.54, 1.807) is 34.7 Å². The lowest BCUT2D eigenvalue weighted by Crippen LogP contribution is -2.41. The van der Waals surface area contributed by atoms with Crippen LogP contribution in [0.4, 0.5) is 22.8 Å². The van der Waals surface area contributed by atoms with Gasteiger partial charge in [-0.2, -0.15) is 15.3 Å². The molecule has 15 rings (SSSR count). The Balaban J connectivity index is 0.000000143. The second-order valence-corrected chi connectivity index (χ2v) is 28.6. The highest BCUT2D eigenvalue weighted by molar-refractivity contribution is 7.19. The van der Waals surface area contributed by atoms with Crippen molar-refractivity contribution in [3.8, 4) is 33.8 Å². The summed E-state index contributed by atoms with van der Waals surface area (Å²) in [5.74, 6) is -0.370. The molecule has 0 saturated carbocycles. The van der Waals surface area contributed by atoms with Crippen LogP contribution in [0.5, 0.6) is 0 Å². The number of carbonyl (C=O) groups is 2.